The zero-order valence-corrected chi connectivity index (χ0v) is 15.3. The number of carbonyl (C=O) groups excluding carboxylic acids is 2. The molecule has 128 valence electrons. The van der Waals surface area contributed by atoms with Crippen LogP contribution < -0.4 is 4.74 Å². The highest BCUT2D eigenvalue weighted by Gasteiger charge is 2.11. The van der Waals surface area contributed by atoms with Crippen molar-refractivity contribution in [3.8, 4) is 5.75 Å². The van der Waals surface area contributed by atoms with Gasteiger partial charge < -0.3 is 14.4 Å². The van der Waals surface area contributed by atoms with Gasteiger partial charge in [0.05, 0.1) is 10.9 Å². The minimum Gasteiger partial charge on any atom is -0.484 e. The molecule has 0 aliphatic heterocycles. The van der Waals surface area contributed by atoms with Gasteiger partial charge in [-0.3, -0.25) is 4.79 Å². The van der Waals surface area contributed by atoms with Crippen LogP contribution in [0, 0.1) is 0 Å². The van der Waals surface area contributed by atoms with Crippen LogP contribution >= 0.6 is 22.9 Å². The van der Waals surface area contributed by atoms with E-state index in [-0.39, 0.29) is 18.3 Å². The summed E-state index contributed by atoms with van der Waals surface area (Å²) in [5.41, 5.74) is 1.08. The van der Waals surface area contributed by atoms with E-state index in [1.807, 2.05) is 36.4 Å². The number of carbonyl (C=O) groups is 2. The molecule has 0 atom stereocenters. The molecule has 0 fully saturated rings. The fourth-order valence-corrected chi connectivity index (χ4v) is 3.23. The van der Waals surface area contributed by atoms with Crippen LogP contribution in [0.25, 0.3) is 0 Å². The molecule has 2 rings (SSSR count). The van der Waals surface area contributed by atoms with Crippen molar-refractivity contribution in [3.63, 3.8) is 0 Å². The molecule has 0 unspecified atom stereocenters. The smallest absolute Gasteiger partial charge is 0.260 e. The number of benzene rings is 1. The molecule has 6 heteroatoms. The molecule has 0 bridgehead atoms. The van der Waals surface area contributed by atoms with Gasteiger partial charge in [-0.25, -0.2) is 0 Å². The second kappa shape index (κ2) is 8.85. The number of likely N-dealkylation sites (N-methyl/N-ethyl adjacent to an activating group) is 1. The van der Waals surface area contributed by atoms with Crippen molar-refractivity contribution in [1.82, 2.24) is 4.90 Å². The lowest BCUT2D eigenvalue weighted by Crippen LogP contribution is -2.30. The molecule has 0 spiro atoms. The zero-order valence-electron chi connectivity index (χ0n) is 13.8. The first-order valence-electron chi connectivity index (χ1n) is 7.63. The first-order chi connectivity index (χ1) is 11.4. The number of halogens is 1. The number of hydrogen-bond donors (Lipinski definition) is 0. The lowest BCUT2D eigenvalue weighted by atomic mass is 10.1. The highest BCUT2D eigenvalue weighted by atomic mass is 35.5. The molecular weight excluding hydrogens is 346 g/mol. The summed E-state index contributed by atoms with van der Waals surface area (Å²) in [6, 6.07) is 11.2. The molecule has 1 amide bonds. The van der Waals surface area contributed by atoms with E-state index in [0.717, 1.165) is 16.9 Å². The van der Waals surface area contributed by atoms with Crippen molar-refractivity contribution < 1.29 is 14.3 Å². The van der Waals surface area contributed by atoms with Gasteiger partial charge in [-0.15, -0.1) is 11.3 Å². The molecule has 0 saturated heterocycles. The fourth-order valence-electron chi connectivity index (χ4n) is 2.09. The molecule has 0 aliphatic rings. The summed E-state index contributed by atoms with van der Waals surface area (Å²) in [5.74, 6) is 0.721. The van der Waals surface area contributed by atoms with E-state index in [2.05, 4.69) is 0 Å². The van der Waals surface area contributed by atoms with Crippen LogP contribution in [0.4, 0.5) is 0 Å². The van der Waals surface area contributed by atoms with Crippen LogP contribution in [-0.2, 0) is 22.6 Å². The highest BCUT2D eigenvalue weighted by Crippen LogP contribution is 2.22. The van der Waals surface area contributed by atoms with Gasteiger partial charge in [0.25, 0.3) is 5.91 Å². The number of rotatable bonds is 8. The average Bonchev–Trinajstić information content (AvgIpc) is 2.96. The van der Waals surface area contributed by atoms with Crippen molar-refractivity contribution >= 4 is 34.6 Å². The standard InChI is InChI=1S/C18H20ClNO3S/c1-13(21)3-4-14-5-7-15(8-6-14)23-12-18(22)20(2)11-16-9-10-17(19)24-16/h5-10H,3-4,11-12H2,1-2H3. The number of hydrogen-bond acceptors (Lipinski definition) is 4. The first-order valence-corrected chi connectivity index (χ1v) is 8.83. The summed E-state index contributed by atoms with van der Waals surface area (Å²) in [6.45, 7) is 2.09. The van der Waals surface area contributed by atoms with Crippen LogP contribution in [-0.4, -0.2) is 30.2 Å². The lowest BCUT2D eigenvalue weighted by molar-refractivity contribution is -0.132. The molecule has 1 heterocycles. The predicted octanol–water partition coefficient (Wildman–Crippen LogP) is 3.96. The Morgan fingerprint density at radius 1 is 1.17 bits per heavy atom. The molecule has 4 nitrogen and oxygen atoms in total. The quantitative estimate of drug-likeness (QED) is 0.711. The van der Waals surface area contributed by atoms with Crippen molar-refractivity contribution in [1.29, 1.82) is 0 Å². The number of amides is 1. The van der Waals surface area contributed by atoms with Crippen molar-refractivity contribution in [2.24, 2.45) is 0 Å². The largest absolute Gasteiger partial charge is 0.484 e. The Bertz CT molecular complexity index is 697. The third-order valence-electron chi connectivity index (χ3n) is 3.50. The van der Waals surface area contributed by atoms with E-state index >= 15 is 0 Å². The molecule has 2 aromatic rings. The van der Waals surface area contributed by atoms with Crippen LogP contribution in [0.5, 0.6) is 5.75 Å². The Labute approximate surface area is 151 Å². The van der Waals surface area contributed by atoms with Gasteiger partial charge in [-0.05, 0) is 43.2 Å². The van der Waals surface area contributed by atoms with E-state index in [4.69, 9.17) is 16.3 Å². The fraction of sp³-hybridized carbons (Fsp3) is 0.333. The number of thiophene rings is 1. The number of ketones is 1. The normalized spacial score (nSPS) is 10.5. The second-order valence-electron chi connectivity index (χ2n) is 5.59. The van der Waals surface area contributed by atoms with E-state index < -0.39 is 0 Å². The minimum absolute atomic E-state index is 0.0115. The Hall–Kier alpha value is -1.85. The maximum atomic E-state index is 12.1. The maximum absolute atomic E-state index is 12.1. The van der Waals surface area contributed by atoms with Gasteiger partial charge >= 0.3 is 0 Å². The Morgan fingerprint density at radius 3 is 2.46 bits per heavy atom. The van der Waals surface area contributed by atoms with Gasteiger partial charge in [0, 0.05) is 18.3 Å². The topological polar surface area (TPSA) is 46.6 Å². The van der Waals surface area contributed by atoms with E-state index in [9.17, 15) is 9.59 Å². The third kappa shape index (κ3) is 5.98. The monoisotopic (exact) mass is 365 g/mol. The van der Waals surface area contributed by atoms with Gasteiger partial charge in [0.15, 0.2) is 6.61 Å². The first kappa shape index (κ1) is 18.5. The Kier molecular flexibility index (Phi) is 6.82. The molecule has 24 heavy (non-hydrogen) atoms. The molecule has 0 N–H and O–H groups in total. The SMILES string of the molecule is CC(=O)CCc1ccc(OCC(=O)N(C)Cc2ccc(Cl)s2)cc1. The summed E-state index contributed by atoms with van der Waals surface area (Å²) in [5, 5.41) is 0. The summed E-state index contributed by atoms with van der Waals surface area (Å²) in [6.07, 6.45) is 1.26. The molecule has 0 saturated carbocycles. The summed E-state index contributed by atoms with van der Waals surface area (Å²) >= 11 is 7.35. The number of Topliss-reactive ketones (excluding diaryl/α,β-unsaturated/α-hetero) is 1. The van der Waals surface area contributed by atoms with Gasteiger partial charge in [-0.2, -0.15) is 0 Å². The van der Waals surface area contributed by atoms with Gasteiger partial charge in [0.2, 0.25) is 0 Å². The Morgan fingerprint density at radius 2 is 1.88 bits per heavy atom. The number of nitrogens with zero attached hydrogens (tertiary/aromatic N) is 1. The van der Waals surface area contributed by atoms with Gasteiger partial charge in [-0.1, -0.05) is 23.7 Å². The van der Waals surface area contributed by atoms with Crippen LogP contribution in [0.3, 0.4) is 0 Å². The van der Waals surface area contributed by atoms with Crippen LogP contribution in [0.2, 0.25) is 4.34 Å². The number of aryl methyl sites for hydroxylation is 1. The van der Waals surface area contributed by atoms with E-state index in [1.54, 1.807) is 18.9 Å². The van der Waals surface area contributed by atoms with Crippen LogP contribution in [0.15, 0.2) is 36.4 Å². The lowest BCUT2D eigenvalue weighted by Gasteiger charge is -2.16. The van der Waals surface area contributed by atoms with E-state index in [1.165, 1.54) is 11.3 Å². The number of ether oxygens (including phenoxy) is 1. The van der Waals surface area contributed by atoms with Crippen molar-refractivity contribution in [3.05, 3.63) is 51.2 Å². The molecule has 0 aliphatic carbocycles. The molecule has 0 radical (unpaired) electrons. The maximum Gasteiger partial charge on any atom is 0.260 e. The van der Waals surface area contributed by atoms with E-state index in [0.29, 0.717) is 23.1 Å². The third-order valence-corrected chi connectivity index (χ3v) is 4.71. The average molecular weight is 366 g/mol. The molecule has 1 aromatic heterocycles. The highest BCUT2D eigenvalue weighted by molar-refractivity contribution is 7.16. The minimum atomic E-state index is -0.0971. The zero-order chi connectivity index (χ0) is 17.5. The second-order valence-corrected chi connectivity index (χ2v) is 7.39. The van der Waals surface area contributed by atoms with Crippen LogP contribution in [0.1, 0.15) is 23.8 Å². The predicted molar refractivity (Wildman–Crippen MR) is 96.7 cm³/mol. The summed E-state index contributed by atoms with van der Waals surface area (Å²) in [7, 11) is 1.74. The summed E-state index contributed by atoms with van der Waals surface area (Å²) < 4.78 is 6.25. The van der Waals surface area contributed by atoms with Gasteiger partial charge in [0.1, 0.15) is 11.5 Å². The van der Waals surface area contributed by atoms with Crippen molar-refractivity contribution in [2.75, 3.05) is 13.7 Å². The van der Waals surface area contributed by atoms with Crippen molar-refractivity contribution in [2.45, 2.75) is 26.3 Å². The molecular formula is C18H20ClNO3S. The molecule has 1 aromatic carbocycles. The Balaban J connectivity index is 1.79. The summed E-state index contributed by atoms with van der Waals surface area (Å²) in [4.78, 5) is 25.7.